The number of carbonyl (C=O) groups is 1. The molecule has 174 valence electrons. The van der Waals surface area contributed by atoms with Crippen LogP contribution < -0.4 is 5.32 Å². The summed E-state index contributed by atoms with van der Waals surface area (Å²) in [5.41, 5.74) is 4.37. The van der Waals surface area contributed by atoms with Crippen molar-refractivity contribution in [1.29, 1.82) is 0 Å². The Balaban J connectivity index is 1.94. The number of amides is 1. The van der Waals surface area contributed by atoms with Crippen molar-refractivity contribution in [2.75, 3.05) is 11.9 Å². The molecule has 0 aliphatic carbocycles. The number of halogens is 2. The maximum atomic E-state index is 13.5. The first-order valence-corrected chi connectivity index (χ1v) is 13.1. The van der Waals surface area contributed by atoms with Crippen LogP contribution >= 0.6 is 27.5 Å². The Kier molecular flexibility index (Phi) is 8.34. The van der Waals surface area contributed by atoms with E-state index in [1.54, 1.807) is 0 Å². The summed E-state index contributed by atoms with van der Waals surface area (Å²) in [6.45, 7) is 5.59. The monoisotopic (exact) mass is 548 g/mol. The Labute approximate surface area is 209 Å². The van der Waals surface area contributed by atoms with Gasteiger partial charge in [0.25, 0.3) is 0 Å². The molecule has 0 unspecified atom stereocenters. The fourth-order valence-electron chi connectivity index (χ4n) is 3.57. The first-order valence-electron chi connectivity index (χ1n) is 10.5. The SMILES string of the molecule is CCc1cc(Br)cc(C)c1NC(=O)CN(Cc1ccccc1C)S(=O)(=O)c1ccc(Cl)cc1. The lowest BCUT2D eigenvalue weighted by Crippen LogP contribution is -2.38. The van der Waals surface area contributed by atoms with Gasteiger partial charge in [-0.05, 0) is 78.9 Å². The van der Waals surface area contributed by atoms with Crippen molar-refractivity contribution in [2.24, 2.45) is 0 Å². The molecule has 0 bridgehead atoms. The number of hydrogen-bond acceptors (Lipinski definition) is 3. The van der Waals surface area contributed by atoms with Gasteiger partial charge in [-0.15, -0.1) is 0 Å². The van der Waals surface area contributed by atoms with Gasteiger partial charge in [0.1, 0.15) is 0 Å². The molecule has 0 radical (unpaired) electrons. The van der Waals surface area contributed by atoms with Crippen molar-refractivity contribution in [3.63, 3.8) is 0 Å². The van der Waals surface area contributed by atoms with E-state index >= 15 is 0 Å². The molecule has 1 N–H and O–H groups in total. The minimum atomic E-state index is -3.95. The number of nitrogens with one attached hydrogen (secondary N) is 1. The Hall–Kier alpha value is -2.19. The van der Waals surface area contributed by atoms with Gasteiger partial charge in [-0.2, -0.15) is 4.31 Å². The van der Waals surface area contributed by atoms with E-state index in [0.29, 0.717) is 10.7 Å². The zero-order chi connectivity index (χ0) is 24.2. The van der Waals surface area contributed by atoms with Crippen molar-refractivity contribution in [1.82, 2.24) is 4.31 Å². The number of sulfonamides is 1. The van der Waals surface area contributed by atoms with Crippen LogP contribution in [-0.4, -0.2) is 25.2 Å². The Morgan fingerprint density at radius 1 is 1.00 bits per heavy atom. The van der Waals surface area contributed by atoms with Crippen LogP contribution in [0.15, 0.2) is 70.0 Å². The summed E-state index contributed by atoms with van der Waals surface area (Å²) in [6, 6.07) is 17.4. The molecule has 0 aliphatic rings. The van der Waals surface area contributed by atoms with E-state index in [4.69, 9.17) is 11.6 Å². The third-order valence-electron chi connectivity index (χ3n) is 5.41. The predicted octanol–water partition coefficient (Wildman–Crippen LogP) is 6.11. The summed E-state index contributed by atoms with van der Waals surface area (Å²) in [5, 5.41) is 3.37. The number of nitrogens with zero attached hydrogens (tertiary/aromatic N) is 1. The van der Waals surface area contributed by atoms with Crippen LogP contribution in [0.4, 0.5) is 5.69 Å². The van der Waals surface area contributed by atoms with Gasteiger partial charge >= 0.3 is 0 Å². The highest BCUT2D eigenvalue weighted by molar-refractivity contribution is 9.10. The number of hydrogen-bond donors (Lipinski definition) is 1. The summed E-state index contributed by atoms with van der Waals surface area (Å²) in [5.74, 6) is -0.402. The Bertz CT molecular complexity index is 1260. The molecule has 0 saturated heterocycles. The molecular weight excluding hydrogens is 524 g/mol. The summed E-state index contributed by atoms with van der Waals surface area (Å²) in [4.78, 5) is 13.2. The molecule has 0 fully saturated rings. The maximum absolute atomic E-state index is 13.5. The van der Waals surface area contributed by atoms with Crippen molar-refractivity contribution in [2.45, 2.75) is 38.6 Å². The van der Waals surface area contributed by atoms with E-state index in [1.165, 1.54) is 28.6 Å². The Morgan fingerprint density at radius 2 is 1.67 bits per heavy atom. The molecule has 1 amide bonds. The van der Waals surface area contributed by atoms with Crippen molar-refractivity contribution < 1.29 is 13.2 Å². The third kappa shape index (κ3) is 6.23. The zero-order valence-electron chi connectivity index (χ0n) is 18.7. The van der Waals surface area contributed by atoms with Gasteiger partial charge in [0.15, 0.2) is 0 Å². The summed E-state index contributed by atoms with van der Waals surface area (Å²) in [6.07, 6.45) is 0.728. The first-order chi connectivity index (χ1) is 15.6. The molecule has 33 heavy (non-hydrogen) atoms. The second kappa shape index (κ2) is 10.8. The average Bonchev–Trinajstić information content (AvgIpc) is 2.76. The number of rotatable bonds is 8. The fraction of sp³-hybridized carbons (Fsp3) is 0.240. The van der Waals surface area contributed by atoms with Gasteiger partial charge in [-0.3, -0.25) is 4.79 Å². The molecule has 3 aromatic rings. The molecule has 0 spiro atoms. The van der Waals surface area contributed by atoms with E-state index in [2.05, 4.69) is 21.2 Å². The highest BCUT2D eigenvalue weighted by Gasteiger charge is 2.28. The van der Waals surface area contributed by atoms with E-state index in [9.17, 15) is 13.2 Å². The maximum Gasteiger partial charge on any atom is 0.243 e. The largest absolute Gasteiger partial charge is 0.324 e. The van der Waals surface area contributed by atoms with Crippen LogP contribution in [0.25, 0.3) is 0 Å². The van der Waals surface area contributed by atoms with Crippen LogP contribution in [0, 0.1) is 13.8 Å². The number of anilines is 1. The highest BCUT2D eigenvalue weighted by Crippen LogP contribution is 2.27. The second-order valence-electron chi connectivity index (χ2n) is 7.81. The molecule has 5 nitrogen and oxygen atoms in total. The lowest BCUT2D eigenvalue weighted by atomic mass is 10.1. The minimum absolute atomic E-state index is 0.0744. The van der Waals surface area contributed by atoms with Crippen LogP contribution in [0.2, 0.25) is 5.02 Å². The van der Waals surface area contributed by atoms with Gasteiger partial charge < -0.3 is 5.32 Å². The Morgan fingerprint density at radius 3 is 2.30 bits per heavy atom. The minimum Gasteiger partial charge on any atom is -0.324 e. The van der Waals surface area contributed by atoms with E-state index in [0.717, 1.165) is 33.1 Å². The molecule has 0 aromatic heterocycles. The van der Waals surface area contributed by atoms with Gasteiger partial charge in [0, 0.05) is 21.7 Å². The van der Waals surface area contributed by atoms with Crippen LogP contribution in [0.3, 0.4) is 0 Å². The van der Waals surface area contributed by atoms with Gasteiger partial charge in [0.05, 0.1) is 11.4 Å². The van der Waals surface area contributed by atoms with Crippen molar-refractivity contribution >= 4 is 49.1 Å². The average molecular weight is 550 g/mol. The molecule has 8 heteroatoms. The van der Waals surface area contributed by atoms with Crippen molar-refractivity contribution in [3.05, 3.63) is 92.4 Å². The van der Waals surface area contributed by atoms with E-state index < -0.39 is 15.9 Å². The zero-order valence-corrected chi connectivity index (χ0v) is 21.9. The second-order valence-corrected chi connectivity index (χ2v) is 11.1. The molecule has 0 atom stereocenters. The van der Waals surface area contributed by atoms with E-state index in [1.807, 2.05) is 57.2 Å². The summed E-state index contributed by atoms with van der Waals surface area (Å²) in [7, 11) is -3.95. The third-order valence-corrected chi connectivity index (χ3v) is 7.92. The van der Waals surface area contributed by atoms with Crippen LogP contribution in [0.5, 0.6) is 0 Å². The fourth-order valence-corrected chi connectivity index (χ4v) is 5.69. The predicted molar refractivity (Wildman–Crippen MR) is 137 cm³/mol. The number of aryl methyl sites for hydroxylation is 3. The van der Waals surface area contributed by atoms with Gasteiger partial charge in [-0.25, -0.2) is 8.42 Å². The number of benzene rings is 3. The summed E-state index contributed by atoms with van der Waals surface area (Å²) < 4.78 is 29.1. The van der Waals surface area contributed by atoms with Crippen LogP contribution in [-0.2, 0) is 27.8 Å². The van der Waals surface area contributed by atoms with Gasteiger partial charge in [0.2, 0.25) is 15.9 Å². The lowest BCUT2D eigenvalue weighted by molar-refractivity contribution is -0.116. The lowest BCUT2D eigenvalue weighted by Gasteiger charge is -2.23. The quantitative estimate of drug-likeness (QED) is 0.369. The molecule has 0 aliphatic heterocycles. The first kappa shape index (κ1) is 25.4. The van der Waals surface area contributed by atoms with Crippen molar-refractivity contribution in [3.8, 4) is 0 Å². The molecule has 3 aromatic carbocycles. The molecule has 0 heterocycles. The molecule has 3 rings (SSSR count). The topological polar surface area (TPSA) is 66.5 Å². The molecular formula is C25H26BrClN2O3S. The van der Waals surface area contributed by atoms with Gasteiger partial charge in [-0.1, -0.05) is 58.7 Å². The van der Waals surface area contributed by atoms with Crippen LogP contribution in [0.1, 0.15) is 29.2 Å². The summed E-state index contributed by atoms with van der Waals surface area (Å²) >= 11 is 9.43. The van der Waals surface area contributed by atoms with E-state index in [-0.39, 0.29) is 18.0 Å². The molecule has 0 saturated carbocycles. The number of carbonyl (C=O) groups excluding carboxylic acids is 1. The highest BCUT2D eigenvalue weighted by atomic mass is 79.9. The standard InChI is InChI=1S/C25H26BrClN2O3S/c1-4-19-14-21(26)13-18(3)25(19)28-24(30)16-29(15-20-8-6-5-7-17(20)2)33(31,32)23-11-9-22(27)10-12-23/h5-14H,4,15-16H2,1-3H3,(H,28,30). The smallest absolute Gasteiger partial charge is 0.243 e. The normalized spacial score (nSPS) is 11.6.